The number of thioether (sulfide) groups is 2. The molecule has 1 unspecified atom stereocenters. The zero-order valence-electron chi connectivity index (χ0n) is 19.4. The van der Waals surface area contributed by atoms with Gasteiger partial charge in [0.1, 0.15) is 24.7 Å². The lowest BCUT2D eigenvalue weighted by Crippen LogP contribution is -2.61. The van der Waals surface area contributed by atoms with Crippen LogP contribution < -0.4 is 11.1 Å². The van der Waals surface area contributed by atoms with Crippen LogP contribution in [0.4, 0.5) is 5.13 Å². The van der Waals surface area contributed by atoms with Gasteiger partial charge in [-0.05, 0) is 12.1 Å². The Bertz CT molecular complexity index is 1460. The number of β-lactam (4-membered cyclic amide) rings is 1. The van der Waals surface area contributed by atoms with Crippen molar-refractivity contribution in [3.05, 3.63) is 46.7 Å². The van der Waals surface area contributed by atoms with E-state index in [1.54, 1.807) is 29.8 Å². The first kappa shape index (κ1) is 25.7. The molecule has 38 heavy (non-hydrogen) atoms. The van der Waals surface area contributed by atoms with Gasteiger partial charge in [-0.25, -0.2) is 9.78 Å². The van der Waals surface area contributed by atoms with E-state index in [0.29, 0.717) is 11.4 Å². The van der Waals surface area contributed by atoms with E-state index in [9.17, 15) is 19.5 Å². The van der Waals surface area contributed by atoms with Gasteiger partial charge in [-0.2, -0.15) is 0 Å². The van der Waals surface area contributed by atoms with Crippen molar-refractivity contribution < 1.29 is 28.7 Å². The number of hydrogen-bond donors (Lipinski definition) is 3. The number of amides is 2. The third kappa shape index (κ3) is 4.70. The van der Waals surface area contributed by atoms with Gasteiger partial charge in [-0.15, -0.1) is 21.5 Å². The van der Waals surface area contributed by atoms with Crippen molar-refractivity contribution in [3.63, 3.8) is 0 Å². The Kier molecular flexibility index (Phi) is 7.04. The van der Waals surface area contributed by atoms with Gasteiger partial charge < -0.3 is 25.4 Å². The molecular weight excluding hydrogens is 556 g/mol. The first-order valence-electron chi connectivity index (χ1n) is 10.8. The summed E-state index contributed by atoms with van der Waals surface area (Å²) in [7, 11) is 1.28. The molecule has 0 aliphatic carbocycles. The summed E-state index contributed by atoms with van der Waals surface area (Å²) >= 11 is 3.34. The Balaban J connectivity index is 1.58. The first-order valence-corrected chi connectivity index (χ1v) is 13.5. The van der Waals surface area contributed by atoms with Gasteiger partial charge in [0.15, 0.2) is 10.0 Å². The second-order valence-electron chi connectivity index (χ2n) is 7.71. The van der Waals surface area contributed by atoms with Gasteiger partial charge in [-0.1, -0.05) is 34.7 Å². The number of carbonyl (C=O) groups is 3. The van der Waals surface area contributed by atoms with Gasteiger partial charge >= 0.3 is 5.97 Å². The molecule has 0 aromatic carbocycles. The summed E-state index contributed by atoms with van der Waals surface area (Å²) in [5.74, 6) is -2.25. The quantitative estimate of drug-likeness (QED) is 0.144. The number of carboxylic acid groups (broad SMARTS) is 1. The van der Waals surface area contributed by atoms with Crippen molar-refractivity contribution in [2.45, 2.75) is 21.9 Å². The monoisotopic (exact) mass is 574 g/mol. The van der Waals surface area contributed by atoms with Crippen LogP contribution in [0.15, 0.2) is 55.8 Å². The number of nitrogens with zero attached hydrogens (tertiary/aromatic N) is 6. The summed E-state index contributed by atoms with van der Waals surface area (Å²) in [6, 6.07) is 5.22. The van der Waals surface area contributed by atoms with Crippen LogP contribution in [0, 0.1) is 0 Å². The maximum Gasteiger partial charge on any atom is 0.352 e. The van der Waals surface area contributed by atoms with Crippen LogP contribution in [-0.2, 0) is 24.1 Å². The second kappa shape index (κ2) is 10.4. The van der Waals surface area contributed by atoms with E-state index >= 15 is 0 Å². The van der Waals surface area contributed by atoms with Crippen LogP contribution in [0.3, 0.4) is 0 Å². The zero-order valence-corrected chi connectivity index (χ0v) is 21.9. The molecule has 2 amide bonds. The lowest BCUT2D eigenvalue weighted by molar-refractivity contribution is -0.146. The molecule has 0 bridgehead atoms. The van der Waals surface area contributed by atoms with Crippen molar-refractivity contribution in [2.75, 3.05) is 18.6 Å². The minimum atomic E-state index is -1.50. The van der Waals surface area contributed by atoms with Crippen LogP contribution in [0.5, 0.6) is 0 Å². The Hall–Kier alpha value is -3.96. The van der Waals surface area contributed by atoms with Crippen molar-refractivity contribution in [1.82, 2.24) is 30.4 Å². The van der Waals surface area contributed by atoms with Crippen molar-refractivity contribution >= 4 is 64.0 Å². The normalized spacial score (nSPS) is 20.8. The number of rotatable bonds is 9. The number of nitrogens with two attached hydrogens (primary N) is 1. The number of aliphatic carboxylic acids is 1. The highest BCUT2D eigenvalue weighted by molar-refractivity contribution is 8.01. The number of nitrogen functional groups attached to an aromatic ring is 1. The molecule has 17 heteroatoms. The minimum Gasteiger partial charge on any atom is -0.477 e. The number of fused-ring (bicyclic) bond motifs is 1. The van der Waals surface area contributed by atoms with Gasteiger partial charge in [-0.3, -0.25) is 19.5 Å². The maximum atomic E-state index is 12.9. The molecule has 5 rings (SSSR count). The van der Waals surface area contributed by atoms with Crippen molar-refractivity contribution in [1.29, 1.82) is 0 Å². The number of carboxylic acids is 1. The first-order chi connectivity index (χ1) is 18.3. The van der Waals surface area contributed by atoms with E-state index in [1.165, 1.54) is 23.8 Å². The fourth-order valence-corrected chi connectivity index (χ4v) is 7.17. The summed E-state index contributed by atoms with van der Waals surface area (Å²) in [5.41, 5.74) is 6.59. The average molecular weight is 575 g/mol. The Labute approximate surface area is 226 Å². The Morgan fingerprint density at radius 3 is 2.95 bits per heavy atom. The van der Waals surface area contributed by atoms with Gasteiger partial charge in [0, 0.05) is 22.9 Å². The van der Waals surface area contributed by atoms with E-state index in [0.717, 1.165) is 29.3 Å². The van der Waals surface area contributed by atoms with E-state index in [2.05, 4.69) is 35.5 Å². The molecule has 5 heterocycles. The molecule has 14 nitrogen and oxygen atoms in total. The Morgan fingerprint density at radius 2 is 2.29 bits per heavy atom. The van der Waals surface area contributed by atoms with Gasteiger partial charge in [0.05, 0.1) is 17.5 Å². The standard InChI is InChI=1S/C21H18N8O6S3/c1-34-24-7-13(30)26-21(12-9-36-19(22)25-12)10(16(18(32)33)29-14(31)6-15(29)38-21)8-37-20-28-27-17(35-20)11-4-2-3-5-23-11/h2-5,7,9,15H,6,8H2,1H3,(H2,22,25)(H,26,30)(H,32,33)/t15-,21?/m0/s1. The number of aromatic nitrogens is 4. The predicted octanol–water partition coefficient (Wildman–Crippen LogP) is 1.51. The SMILES string of the molecule is CON=CC(=O)NC1(c2csc(N)n2)S[C@H]2CC(=O)N2C(C(=O)O)=C1CSc1nnc(-c2ccccn2)o1. The van der Waals surface area contributed by atoms with Crippen molar-refractivity contribution in [3.8, 4) is 11.6 Å². The third-order valence-corrected chi connectivity index (χ3v) is 8.54. The molecule has 3 aromatic heterocycles. The molecule has 2 atom stereocenters. The fourth-order valence-electron chi connectivity index (χ4n) is 3.87. The summed E-state index contributed by atoms with van der Waals surface area (Å²) in [6.45, 7) is 0. The molecule has 196 valence electrons. The number of hydrogen-bond acceptors (Lipinski definition) is 14. The largest absolute Gasteiger partial charge is 0.477 e. The predicted molar refractivity (Wildman–Crippen MR) is 138 cm³/mol. The molecule has 2 aliphatic heterocycles. The van der Waals surface area contributed by atoms with Crippen LogP contribution >= 0.6 is 34.9 Å². The van der Waals surface area contributed by atoms with Crippen LogP contribution in [0.25, 0.3) is 11.6 Å². The highest BCUT2D eigenvalue weighted by Crippen LogP contribution is 2.55. The van der Waals surface area contributed by atoms with Crippen molar-refractivity contribution in [2.24, 2.45) is 5.16 Å². The summed E-state index contributed by atoms with van der Waals surface area (Å²) in [4.78, 5) is 50.8. The van der Waals surface area contributed by atoms with E-state index in [4.69, 9.17) is 10.2 Å². The highest BCUT2D eigenvalue weighted by Gasteiger charge is 2.57. The number of carbonyl (C=O) groups excluding carboxylic acids is 2. The number of pyridine rings is 1. The lowest BCUT2D eigenvalue weighted by Gasteiger charge is -2.51. The molecule has 3 aromatic rings. The second-order valence-corrected chi connectivity index (χ2v) is 10.9. The molecule has 1 fully saturated rings. The molecular formula is C21H18N8O6S3. The van der Waals surface area contributed by atoms with E-state index < -0.39 is 22.1 Å². The molecule has 0 saturated carbocycles. The number of nitrogens with one attached hydrogen (secondary N) is 1. The summed E-state index contributed by atoms with van der Waals surface area (Å²) in [6.07, 6.45) is 2.58. The summed E-state index contributed by atoms with van der Waals surface area (Å²) < 4.78 is 5.71. The number of anilines is 1. The van der Waals surface area contributed by atoms with Gasteiger partial charge in [0.25, 0.3) is 17.0 Å². The fraction of sp³-hybridized carbons (Fsp3) is 0.238. The van der Waals surface area contributed by atoms with Crippen LogP contribution in [0.2, 0.25) is 0 Å². The molecule has 2 aliphatic rings. The topological polar surface area (TPSA) is 199 Å². The third-order valence-electron chi connectivity index (χ3n) is 5.46. The van der Waals surface area contributed by atoms with Crippen LogP contribution in [-0.4, -0.2) is 72.4 Å². The Morgan fingerprint density at radius 1 is 1.45 bits per heavy atom. The molecule has 4 N–H and O–H groups in total. The maximum absolute atomic E-state index is 12.9. The minimum absolute atomic E-state index is 0.0614. The zero-order chi connectivity index (χ0) is 26.9. The van der Waals surface area contributed by atoms with E-state index in [1.807, 2.05) is 0 Å². The van der Waals surface area contributed by atoms with E-state index in [-0.39, 0.29) is 45.6 Å². The number of thiazole rings is 1. The highest BCUT2D eigenvalue weighted by atomic mass is 32.2. The van der Waals surface area contributed by atoms with Gasteiger partial charge in [0.2, 0.25) is 5.91 Å². The average Bonchev–Trinajstić information content (AvgIpc) is 3.56. The lowest BCUT2D eigenvalue weighted by atomic mass is 9.98. The molecule has 1 saturated heterocycles. The van der Waals surface area contributed by atoms with Crippen LogP contribution in [0.1, 0.15) is 12.1 Å². The smallest absolute Gasteiger partial charge is 0.352 e. The molecule has 0 spiro atoms. The number of oxime groups is 1. The molecule has 0 radical (unpaired) electrons. The summed E-state index contributed by atoms with van der Waals surface area (Å²) in [5, 5.41) is 26.0.